The number of nitrogens with zero attached hydrogens (tertiary/aromatic N) is 1. The van der Waals surface area contributed by atoms with E-state index >= 15 is 0 Å². The van der Waals surface area contributed by atoms with Gasteiger partial charge in [0.1, 0.15) is 0 Å². The molecule has 1 aromatic heterocycles. The van der Waals surface area contributed by atoms with E-state index in [4.69, 9.17) is 10.6 Å². The quantitative estimate of drug-likeness (QED) is 0.484. The van der Waals surface area contributed by atoms with Crippen LogP contribution in [0.5, 0.6) is 0 Å². The third-order valence-corrected chi connectivity index (χ3v) is 2.52. The molecule has 0 saturated carbocycles. The fraction of sp³-hybridized carbons (Fsp3) is 0.250. The van der Waals surface area contributed by atoms with Gasteiger partial charge in [-0.05, 0) is 18.6 Å². The zero-order valence-electron chi connectivity index (χ0n) is 9.64. The van der Waals surface area contributed by atoms with Gasteiger partial charge in [0.2, 0.25) is 0 Å². The number of nitrogens with one attached hydrogen (secondary N) is 1. The second kappa shape index (κ2) is 4.88. The van der Waals surface area contributed by atoms with Crippen LogP contribution in [0.25, 0.3) is 10.9 Å². The summed E-state index contributed by atoms with van der Waals surface area (Å²) in [4.78, 5) is 14.5. The molecule has 0 unspecified atom stereocenters. The Labute approximate surface area is 99.1 Å². The second-order valence-electron chi connectivity index (χ2n) is 3.69. The molecule has 1 amide bonds. The van der Waals surface area contributed by atoms with Crippen LogP contribution in [0.2, 0.25) is 0 Å². The molecule has 0 saturated heterocycles. The molecule has 0 fully saturated rings. The number of hydrazine groups is 1. The molecule has 5 nitrogen and oxygen atoms in total. The van der Waals surface area contributed by atoms with Crippen LogP contribution in [0.15, 0.2) is 30.5 Å². The Morgan fingerprint density at radius 3 is 3.00 bits per heavy atom. The van der Waals surface area contributed by atoms with Crippen molar-refractivity contribution < 1.29 is 9.53 Å². The Bertz CT molecular complexity index is 521. The first-order valence-electron chi connectivity index (χ1n) is 5.46. The van der Waals surface area contributed by atoms with E-state index in [2.05, 4.69) is 4.98 Å². The Hall–Kier alpha value is -2.01. The Morgan fingerprint density at radius 1 is 1.47 bits per heavy atom. The van der Waals surface area contributed by atoms with Crippen molar-refractivity contribution in [1.82, 2.24) is 9.99 Å². The van der Waals surface area contributed by atoms with Crippen molar-refractivity contribution in [3.63, 3.8) is 0 Å². The minimum atomic E-state index is -0.516. The fourth-order valence-electron chi connectivity index (χ4n) is 1.72. The van der Waals surface area contributed by atoms with E-state index in [0.29, 0.717) is 13.2 Å². The van der Waals surface area contributed by atoms with Gasteiger partial charge in [0, 0.05) is 17.1 Å². The molecule has 2 aromatic rings. The SMILES string of the molecule is CCOC(=O)N(N)Cc1c[nH]c2ccccc12. The highest BCUT2D eigenvalue weighted by atomic mass is 16.6. The molecule has 0 aliphatic heterocycles. The highest BCUT2D eigenvalue weighted by molar-refractivity contribution is 5.83. The van der Waals surface area contributed by atoms with Gasteiger partial charge in [0.05, 0.1) is 13.2 Å². The van der Waals surface area contributed by atoms with Crippen molar-refractivity contribution in [3.05, 3.63) is 36.0 Å². The number of rotatable bonds is 3. The van der Waals surface area contributed by atoms with Gasteiger partial charge in [-0.15, -0.1) is 0 Å². The molecule has 2 rings (SSSR count). The maximum atomic E-state index is 11.4. The minimum Gasteiger partial charge on any atom is -0.449 e. The van der Waals surface area contributed by atoms with Crippen molar-refractivity contribution in [3.8, 4) is 0 Å². The lowest BCUT2D eigenvalue weighted by atomic mass is 10.2. The van der Waals surface area contributed by atoms with E-state index < -0.39 is 6.09 Å². The maximum Gasteiger partial charge on any atom is 0.424 e. The van der Waals surface area contributed by atoms with Gasteiger partial charge >= 0.3 is 6.09 Å². The lowest BCUT2D eigenvalue weighted by Gasteiger charge is -2.15. The number of aromatic nitrogens is 1. The van der Waals surface area contributed by atoms with E-state index in [1.54, 1.807) is 6.92 Å². The lowest BCUT2D eigenvalue weighted by molar-refractivity contribution is 0.105. The molecule has 0 aliphatic carbocycles. The number of hydrogen-bond donors (Lipinski definition) is 2. The van der Waals surface area contributed by atoms with Crippen LogP contribution in [-0.4, -0.2) is 22.7 Å². The summed E-state index contributed by atoms with van der Waals surface area (Å²) in [7, 11) is 0. The normalized spacial score (nSPS) is 10.5. The van der Waals surface area contributed by atoms with Crippen LogP contribution in [0.3, 0.4) is 0 Å². The molecule has 1 aromatic carbocycles. The number of nitrogens with two attached hydrogens (primary N) is 1. The molecular formula is C12H15N3O2. The van der Waals surface area contributed by atoms with Crippen LogP contribution in [0.1, 0.15) is 12.5 Å². The van der Waals surface area contributed by atoms with Gasteiger partial charge in [-0.1, -0.05) is 18.2 Å². The molecule has 0 radical (unpaired) electrons. The molecule has 0 bridgehead atoms. The summed E-state index contributed by atoms with van der Waals surface area (Å²) < 4.78 is 4.82. The molecule has 0 aliphatic rings. The summed E-state index contributed by atoms with van der Waals surface area (Å²) in [6.07, 6.45) is 1.34. The van der Waals surface area contributed by atoms with Gasteiger partial charge in [-0.3, -0.25) is 0 Å². The number of benzene rings is 1. The van der Waals surface area contributed by atoms with Crippen molar-refractivity contribution in [1.29, 1.82) is 0 Å². The summed E-state index contributed by atoms with van der Waals surface area (Å²) in [6.45, 7) is 2.39. The maximum absolute atomic E-state index is 11.4. The Kier molecular flexibility index (Phi) is 3.30. The molecule has 0 atom stereocenters. The number of aromatic amines is 1. The van der Waals surface area contributed by atoms with Crippen molar-refractivity contribution >= 4 is 17.0 Å². The second-order valence-corrected chi connectivity index (χ2v) is 3.69. The van der Waals surface area contributed by atoms with E-state index in [0.717, 1.165) is 21.5 Å². The van der Waals surface area contributed by atoms with Crippen LogP contribution < -0.4 is 5.84 Å². The molecule has 3 N–H and O–H groups in total. The van der Waals surface area contributed by atoms with E-state index in [-0.39, 0.29) is 0 Å². The first-order chi connectivity index (χ1) is 8.22. The number of fused-ring (bicyclic) bond motifs is 1. The van der Waals surface area contributed by atoms with E-state index in [9.17, 15) is 4.79 Å². The van der Waals surface area contributed by atoms with Crippen LogP contribution in [0, 0.1) is 0 Å². The monoisotopic (exact) mass is 233 g/mol. The van der Waals surface area contributed by atoms with Gasteiger partial charge in [0.25, 0.3) is 0 Å². The largest absolute Gasteiger partial charge is 0.449 e. The van der Waals surface area contributed by atoms with Crippen LogP contribution in [0.4, 0.5) is 4.79 Å². The zero-order valence-corrected chi connectivity index (χ0v) is 9.64. The first kappa shape index (κ1) is 11.5. The summed E-state index contributed by atoms with van der Waals surface area (Å²) in [5.74, 6) is 5.63. The summed E-state index contributed by atoms with van der Waals surface area (Å²) in [5.41, 5.74) is 2.00. The number of amides is 1. The average molecular weight is 233 g/mol. The van der Waals surface area contributed by atoms with Crippen LogP contribution in [-0.2, 0) is 11.3 Å². The number of H-pyrrole nitrogens is 1. The predicted octanol–water partition coefficient (Wildman–Crippen LogP) is 2.00. The number of ether oxygens (including phenoxy) is 1. The van der Waals surface area contributed by atoms with Gasteiger partial charge in [-0.2, -0.15) is 0 Å². The number of para-hydroxylation sites is 1. The van der Waals surface area contributed by atoms with E-state index in [1.807, 2.05) is 30.5 Å². The Balaban J connectivity index is 2.16. The number of carbonyl (C=O) groups excluding carboxylic acids is 1. The highest BCUT2D eigenvalue weighted by Gasteiger charge is 2.12. The standard InChI is InChI=1S/C12H15N3O2/c1-2-17-12(16)15(13)8-9-7-14-11-6-4-3-5-10(9)11/h3-7,14H,2,8,13H2,1H3. The summed E-state index contributed by atoms with van der Waals surface area (Å²) in [5, 5.41) is 2.13. The summed E-state index contributed by atoms with van der Waals surface area (Å²) >= 11 is 0. The molecule has 5 heteroatoms. The lowest BCUT2D eigenvalue weighted by Crippen LogP contribution is -2.37. The number of hydrogen-bond acceptors (Lipinski definition) is 3. The molecule has 1 heterocycles. The van der Waals surface area contributed by atoms with Gasteiger partial charge in [-0.25, -0.2) is 15.6 Å². The Morgan fingerprint density at radius 2 is 2.24 bits per heavy atom. The zero-order chi connectivity index (χ0) is 12.3. The highest BCUT2D eigenvalue weighted by Crippen LogP contribution is 2.18. The summed E-state index contributed by atoms with van der Waals surface area (Å²) in [6, 6.07) is 7.86. The van der Waals surface area contributed by atoms with Gasteiger partial charge < -0.3 is 9.72 Å². The van der Waals surface area contributed by atoms with Crippen molar-refractivity contribution in [2.45, 2.75) is 13.5 Å². The fourth-order valence-corrected chi connectivity index (χ4v) is 1.72. The van der Waals surface area contributed by atoms with Gasteiger partial charge in [0.15, 0.2) is 0 Å². The topological polar surface area (TPSA) is 71.3 Å². The minimum absolute atomic E-state index is 0.320. The smallest absolute Gasteiger partial charge is 0.424 e. The van der Waals surface area contributed by atoms with Crippen molar-refractivity contribution in [2.75, 3.05) is 6.61 Å². The molecule has 17 heavy (non-hydrogen) atoms. The molecule has 90 valence electrons. The third-order valence-electron chi connectivity index (χ3n) is 2.52. The predicted molar refractivity (Wildman–Crippen MR) is 65.1 cm³/mol. The van der Waals surface area contributed by atoms with Crippen molar-refractivity contribution in [2.24, 2.45) is 5.84 Å². The molecular weight excluding hydrogens is 218 g/mol. The average Bonchev–Trinajstić information content (AvgIpc) is 2.73. The van der Waals surface area contributed by atoms with Crippen LogP contribution >= 0.6 is 0 Å². The molecule has 0 spiro atoms. The third kappa shape index (κ3) is 2.39. The number of carbonyl (C=O) groups is 1. The first-order valence-corrected chi connectivity index (χ1v) is 5.46. The van der Waals surface area contributed by atoms with E-state index in [1.165, 1.54) is 0 Å².